The molecular weight excluding hydrogens is 354 g/mol. The highest BCUT2D eigenvalue weighted by Gasteiger charge is 2.11. The summed E-state index contributed by atoms with van der Waals surface area (Å²) in [6.07, 6.45) is 0. The molecule has 0 atom stereocenters. The molecule has 0 radical (unpaired) electrons. The molecule has 2 aromatic carbocycles. The number of benzene rings is 2. The molecule has 0 saturated carbocycles. The molecule has 28 heavy (non-hydrogen) atoms. The molecule has 1 saturated heterocycles. The van der Waals surface area contributed by atoms with Crippen molar-refractivity contribution in [1.29, 1.82) is 0 Å². The lowest BCUT2D eigenvalue weighted by Crippen LogP contribution is -2.36. The number of carbonyl (C=O) groups is 1. The summed E-state index contributed by atoms with van der Waals surface area (Å²) >= 11 is 0. The fourth-order valence-electron chi connectivity index (χ4n) is 2.98. The molecule has 0 aromatic heterocycles. The van der Waals surface area contributed by atoms with Gasteiger partial charge in [-0.05, 0) is 55.7 Å². The minimum atomic E-state index is -0.287. The van der Waals surface area contributed by atoms with Crippen LogP contribution in [0, 0.1) is 13.8 Å². The van der Waals surface area contributed by atoms with Gasteiger partial charge >= 0.3 is 0 Å². The molecule has 3 rings (SSSR count). The molecule has 6 heteroatoms. The topological polar surface area (TPSA) is 63.2 Å². The number of carbonyl (C=O) groups excluding carboxylic acids is 1. The molecule has 1 aliphatic rings. The average Bonchev–Trinajstić information content (AvgIpc) is 2.73. The number of aryl methyl sites for hydroxylation is 2. The quantitative estimate of drug-likeness (QED) is 0.617. The highest BCUT2D eigenvalue weighted by molar-refractivity contribution is 5.99. The number of hydrogen-bond donors (Lipinski definition) is 1. The zero-order valence-corrected chi connectivity index (χ0v) is 16.7. The Morgan fingerprint density at radius 3 is 2.57 bits per heavy atom. The zero-order chi connectivity index (χ0) is 19.9. The molecule has 6 nitrogen and oxygen atoms in total. The Balaban J connectivity index is 1.53. The summed E-state index contributed by atoms with van der Waals surface area (Å²) in [5.74, 6) is 0.430. The van der Waals surface area contributed by atoms with Gasteiger partial charge in [0, 0.05) is 18.8 Å². The van der Waals surface area contributed by atoms with Gasteiger partial charge in [0.25, 0.3) is 5.91 Å². The van der Waals surface area contributed by atoms with Gasteiger partial charge in [0.05, 0.1) is 18.9 Å². The van der Waals surface area contributed by atoms with Crippen LogP contribution >= 0.6 is 0 Å². The number of rotatable bonds is 6. The summed E-state index contributed by atoms with van der Waals surface area (Å²) in [4.78, 5) is 14.3. The molecular formula is C22H27N3O3. The molecule has 1 amide bonds. The number of nitrogens with zero attached hydrogens (tertiary/aromatic N) is 2. The van der Waals surface area contributed by atoms with E-state index in [1.165, 1.54) is 5.69 Å². The molecule has 1 aliphatic heterocycles. The number of hydrazone groups is 1. The highest BCUT2D eigenvalue weighted by Crippen LogP contribution is 2.19. The van der Waals surface area contributed by atoms with Crippen LogP contribution in [0.4, 0.5) is 5.69 Å². The van der Waals surface area contributed by atoms with E-state index in [2.05, 4.69) is 27.6 Å². The van der Waals surface area contributed by atoms with Crippen molar-refractivity contribution in [3.05, 3.63) is 59.2 Å². The molecule has 0 unspecified atom stereocenters. The summed E-state index contributed by atoms with van der Waals surface area (Å²) in [7, 11) is 0. The van der Waals surface area contributed by atoms with Crippen molar-refractivity contribution in [3.8, 4) is 5.75 Å². The smallest absolute Gasteiger partial charge is 0.277 e. The van der Waals surface area contributed by atoms with Gasteiger partial charge in [-0.25, -0.2) is 5.43 Å². The summed E-state index contributed by atoms with van der Waals surface area (Å²) in [5, 5.41) is 4.19. The van der Waals surface area contributed by atoms with Crippen molar-refractivity contribution in [1.82, 2.24) is 5.43 Å². The predicted octanol–water partition coefficient (Wildman–Crippen LogP) is 3.06. The van der Waals surface area contributed by atoms with E-state index in [0.29, 0.717) is 0 Å². The third-order valence-corrected chi connectivity index (χ3v) is 4.71. The SMILES string of the molecule is C/C(=N\NC(=O)COc1cc(C)ccc1C)c1ccc(N2CCOCC2)cc1. The first-order valence-corrected chi connectivity index (χ1v) is 9.49. The average molecular weight is 381 g/mol. The molecule has 1 N–H and O–H groups in total. The van der Waals surface area contributed by atoms with Crippen molar-refractivity contribution in [2.75, 3.05) is 37.8 Å². The third kappa shape index (κ3) is 5.33. The second kappa shape index (κ2) is 9.37. The number of amides is 1. The number of morpholine rings is 1. The fourth-order valence-corrected chi connectivity index (χ4v) is 2.98. The first-order chi connectivity index (χ1) is 13.5. The van der Waals surface area contributed by atoms with Crippen LogP contribution in [0.5, 0.6) is 5.75 Å². The Morgan fingerprint density at radius 2 is 1.86 bits per heavy atom. The normalized spacial score (nSPS) is 14.7. The summed E-state index contributed by atoms with van der Waals surface area (Å²) in [6.45, 7) is 9.08. The standard InChI is InChI=1S/C22H27N3O3/c1-16-4-5-17(2)21(14-16)28-15-22(26)24-23-18(3)19-6-8-20(9-7-19)25-10-12-27-13-11-25/h4-9,14H,10-13,15H2,1-3H3,(H,24,26)/b23-18+. The minimum absolute atomic E-state index is 0.0724. The van der Waals surface area contributed by atoms with Crippen LogP contribution in [-0.2, 0) is 9.53 Å². The second-order valence-corrected chi connectivity index (χ2v) is 6.94. The molecule has 0 spiro atoms. The lowest BCUT2D eigenvalue weighted by Gasteiger charge is -2.28. The maximum Gasteiger partial charge on any atom is 0.277 e. The van der Waals surface area contributed by atoms with Gasteiger partial charge in [-0.3, -0.25) is 4.79 Å². The summed E-state index contributed by atoms with van der Waals surface area (Å²) < 4.78 is 11.0. The molecule has 1 fully saturated rings. The third-order valence-electron chi connectivity index (χ3n) is 4.71. The van der Waals surface area contributed by atoms with E-state index in [0.717, 1.165) is 54.5 Å². The van der Waals surface area contributed by atoms with Gasteiger partial charge in [0.1, 0.15) is 5.75 Å². The van der Waals surface area contributed by atoms with E-state index in [4.69, 9.17) is 9.47 Å². The fraction of sp³-hybridized carbons (Fsp3) is 0.364. The van der Waals surface area contributed by atoms with Crippen molar-refractivity contribution >= 4 is 17.3 Å². The minimum Gasteiger partial charge on any atom is -0.483 e. The van der Waals surface area contributed by atoms with Crippen LogP contribution in [-0.4, -0.2) is 44.5 Å². The van der Waals surface area contributed by atoms with Gasteiger partial charge in [0.2, 0.25) is 0 Å². The monoisotopic (exact) mass is 381 g/mol. The van der Waals surface area contributed by atoms with Crippen LogP contribution in [0.3, 0.4) is 0 Å². The van der Waals surface area contributed by atoms with Crippen LogP contribution < -0.4 is 15.1 Å². The molecule has 0 bridgehead atoms. The van der Waals surface area contributed by atoms with E-state index in [1.807, 2.05) is 51.1 Å². The lowest BCUT2D eigenvalue weighted by atomic mass is 10.1. The first kappa shape index (κ1) is 19.9. The summed E-state index contributed by atoms with van der Waals surface area (Å²) in [6, 6.07) is 14.1. The van der Waals surface area contributed by atoms with Gasteiger partial charge in [-0.15, -0.1) is 0 Å². The van der Waals surface area contributed by atoms with E-state index in [9.17, 15) is 4.79 Å². The zero-order valence-electron chi connectivity index (χ0n) is 16.7. The molecule has 1 heterocycles. The van der Waals surface area contributed by atoms with E-state index >= 15 is 0 Å². The molecule has 148 valence electrons. The van der Waals surface area contributed by atoms with Crippen LogP contribution in [0.1, 0.15) is 23.6 Å². The Hall–Kier alpha value is -2.86. The van der Waals surface area contributed by atoms with E-state index in [-0.39, 0.29) is 12.5 Å². The first-order valence-electron chi connectivity index (χ1n) is 9.49. The summed E-state index contributed by atoms with van der Waals surface area (Å²) in [5.41, 5.74) is 7.53. The van der Waals surface area contributed by atoms with Crippen molar-refractivity contribution in [2.24, 2.45) is 5.10 Å². The second-order valence-electron chi connectivity index (χ2n) is 6.94. The number of nitrogens with one attached hydrogen (secondary N) is 1. The maximum absolute atomic E-state index is 12.0. The van der Waals surface area contributed by atoms with Gasteiger partial charge in [0.15, 0.2) is 6.61 Å². The number of hydrogen-bond acceptors (Lipinski definition) is 5. The Bertz CT molecular complexity index is 841. The number of ether oxygens (including phenoxy) is 2. The molecule has 2 aromatic rings. The molecule has 0 aliphatic carbocycles. The lowest BCUT2D eigenvalue weighted by molar-refractivity contribution is -0.123. The van der Waals surface area contributed by atoms with Crippen LogP contribution in [0.15, 0.2) is 47.6 Å². The van der Waals surface area contributed by atoms with Crippen molar-refractivity contribution in [3.63, 3.8) is 0 Å². The van der Waals surface area contributed by atoms with Gasteiger partial charge in [-0.1, -0.05) is 24.3 Å². The van der Waals surface area contributed by atoms with Crippen LogP contribution in [0.25, 0.3) is 0 Å². The van der Waals surface area contributed by atoms with Crippen molar-refractivity contribution in [2.45, 2.75) is 20.8 Å². The van der Waals surface area contributed by atoms with E-state index in [1.54, 1.807) is 0 Å². The maximum atomic E-state index is 12.0. The van der Waals surface area contributed by atoms with Gasteiger partial charge < -0.3 is 14.4 Å². The predicted molar refractivity (Wildman–Crippen MR) is 111 cm³/mol. The largest absolute Gasteiger partial charge is 0.483 e. The van der Waals surface area contributed by atoms with E-state index < -0.39 is 0 Å². The Morgan fingerprint density at radius 1 is 1.14 bits per heavy atom. The van der Waals surface area contributed by atoms with Crippen molar-refractivity contribution < 1.29 is 14.3 Å². The Kier molecular flexibility index (Phi) is 6.66. The van der Waals surface area contributed by atoms with Crippen LogP contribution in [0.2, 0.25) is 0 Å². The number of anilines is 1. The highest BCUT2D eigenvalue weighted by atomic mass is 16.5. The Labute approximate surface area is 166 Å². The van der Waals surface area contributed by atoms with Gasteiger partial charge in [-0.2, -0.15) is 5.10 Å².